The van der Waals surface area contributed by atoms with Crippen molar-refractivity contribution in [3.05, 3.63) is 28.8 Å². The van der Waals surface area contributed by atoms with Crippen LogP contribution in [-0.2, 0) is 0 Å². The summed E-state index contributed by atoms with van der Waals surface area (Å²) in [6.07, 6.45) is 0. The van der Waals surface area contributed by atoms with E-state index in [1.165, 1.54) is 22.4 Å². The summed E-state index contributed by atoms with van der Waals surface area (Å²) in [6.45, 7) is 7.80. The van der Waals surface area contributed by atoms with E-state index in [1.807, 2.05) is 0 Å². The number of benzene rings is 1. The maximum atomic E-state index is 3.58. The second-order valence-electron chi connectivity index (χ2n) is 5.25. The van der Waals surface area contributed by atoms with E-state index in [-0.39, 0.29) is 0 Å². The molecule has 16 heavy (non-hydrogen) atoms. The lowest BCUT2D eigenvalue weighted by Crippen LogP contribution is -2.35. The van der Waals surface area contributed by atoms with Crippen LogP contribution in [0.1, 0.15) is 29.7 Å². The molecule has 1 heterocycles. The van der Waals surface area contributed by atoms with Crippen LogP contribution in [0.4, 0.5) is 5.69 Å². The van der Waals surface area contributed by atoms with Gasteiger partial charge in [-0.15, -0.1) is 0 Å². The first kappa shape index (κ1) is 11.5. The second kappa shape index (κ2) is 4.10. The number of anilines is 1. The molecule has 0 saturated heterocycles. The quantitative estimate of drug-likeness (QED) is 0.779. The standard InChI is InChI=1S/C14H22N2/c1-9-6-7-10(2)13-12(9)14(16(4)5)11(3)8-15-13/h6-7,11,14-15H,8H2,1-5H3. The maximum absolute atomic E-state index is 3.58. The first-order valence-electron chi connectivity index (χ1n) is 6.02. The highest BCUT2D eigenvalue weighted by molar-refractivity contribution is 5.63. The smallest absolute Gasteiger partial charge is 0.0421 e. The number of nitrogens with zero attached hydrogens (tertiary/aromatic N) is 1. The summed E-state index contributed by atoms with van der Waals surface area (Å²) < 4.78 is 0. The zero-order valence-corrected chi connectivity index (χ0v) is 11.0. The van der Waals surface area contributed by atoms with Crippen molar-refractivity contribution in [2.24, 2.45) is 5.92 Å². The van der Waals surface area contributed by atoms with E-state index in [0.717, 1.165) is 6.54 Å². The summed E-state index contributed by atoms with van der Waals surface area (Å²) in [6, 6.07) is 4.99. The van der Waals surface area contributed by atoms with Crippen LogP contribution in [0, 0.1) is 19.8 Å². The average molecular weight is 218 g/mol. The Morgan fingerprint density at radius 2 is 1.81 bits per heavy atom. The van der Waals surface area contributed by atoms with Crippen molar-refractivity contribution in [2.45, 2.75) is 26.8 Å². The third kappa shape index (κ3) is 1.71. The largest absolute Gasteiger partial charge is 0.384 e. The highest BCUT2D eigenvalue weighted by Gasteiger charge is 2.30. The van der Waals surface area contributed by atoms with E-state index in [0.29, 0.717) is 12.0 Å². The van der Waals surface area contributed by atoms with Crippen molar-refractivity contribution in [3.63, 3.8) is 0 Å². The highest BCUT2D eigenvalue weighted by Crippen LogP contribution is 2.39. The van der Waals surface area contributed by atoms with Gasteiger partial charge in [-0.05, 0) is 50.6 Å². The predicted octanol–water partition coefficient (Wildman–Crippen LogP) is 2.97. The molecule has 0 aromatic heterocycles. The minimum atomic E-state index is 0.538. The molecule has 1 aliphatic rings. The summed E-state index contributed by atoms with van der Waals surface area (Å²) in [4.78, 5) is 2.34. The molecule has 0 bridgehead atoms. The molecule has 0 aliphatic carbocycles. The van der Waals surface area contributed by atoms with Crippen molar-refractivity contribution in [1.29, 1.82) is 0 Å². The van der Waals surface area contributed by atoms with Gasteiger partial charge in [-0.25, -0.2) is 0 Å². The minimum Gasteiger partial charge on any atom is -0.384 e. The average Bonchev–Trinajstić information content (AvgIpc) is 2.23. The Bertz CT molecular complexity index is 396. The van der Waals surface area contributed by atoms with Gasteiger partial charge in [-0.1, -0.05) is 19.1 Å². The van der Waals surface area contributed by atoms with Crippen LogP contribution >= 0.6 is 0 Å². The summed E-state index contributed by atoms with van der Waals surface area (Å²) in [5.41, 5.74) is 5.61. The molecule has 0 amide bonds. The number of aryl methyl sites for hydroxylation is 2. The predicted molar refractivity (Wildman–Crippen MR) is 70.0 cm³/mol. The highest BCUT2D eigenvalue weighted by atomic mass is 15.1. The Labute approximate surface area is 98.7 Å². The molecule has 2 heteroatoms. The zero-order chi connectivity index (χ0) is 11.9. The Balaban J connectivity index is 2.58. The molecule has 2 unspecified atom stereocenters. The fourth-order valence-corrected chi connectivity index (χ4v) is 2.87. The first-order valence-corrected chi connectivity index (χ1v) is 6.02. The van der Waals surface area contributed by atoms with E-state index >= 15 is 0 Å². The second-order valence-corrected chi connectivity index (χ2v) is 5.25. The molecule has 1 aromatic carbocycles. The van der Waals surface area contributed by atoms with Crippen molar-refractivity contribution in [1.82, 2.24) is 4.90 Å². The van der Waals surface area contributed by atoms with Gasteiger partial charge in [0.05, 0.1) is 0 Å². The monoisotopic (exact) mass is 218 g/mol. The van der Waals surface area contributed by atoms with Crippen molar-refractivity contribution >= 4 is 5.69 Å². The molecule has 1 aliphatic heterocycles. The fraction of sp³-hybridized carbons (Fsp3) is 0.571. The number of fused-ring (bicyclic) bond motifs is 1. The van der Waals surface area contributed by atoms with Crippen LogP contribution in [0.5, 0.6) is 0 Å². The molecule has 88 valence electrons. The summed E-state index contributed by atoms with van der Waals surface area (Å²) >= 11 is 0. The van der Waals surface area contributed by atoms with E-state index in [4.69, 9.17) is 0 Å². The van der Waals surface area contributed by atoms with Gasteiger partial charge in [0, 0.05) is 18.3 Å². The van der Waals surface area contributed by atoms with Crippen molar-refractivity contribution in [2.75, 3.05) is 26.0 Å². The topological polar surface area (TPSA) is 15.3 Å². The van der Waals surface area contributed by atoms with Gasteiger partial charge >= 0.3 is 0 Å². The molecule has 0 saturated carbocycles. The number of nitrogens with one attached hydrogen (secondary N) is 1. The molecule has 0 spiro atoms. The van der Waals surface area contributed by atoms with Gasteiger partial charge in [-0.3, -0.25) is 0 Å². The molecule has 0 radical (unpaired) electrons. The van der Waals surface area contributed by atoms with Crippen LogP contribution in [0.15, 0.2) is 12.1 Å². The molecule has 0 fully saturated rings. The first-order chi connectivity index (χ1) is 7.52. The van der Waals surface area contributed by atoms with Gasteiger partial charge in [0.1, 0.15) is 0 Å². The summed E-state index contributed by atoms with van der Waals surface area (Å²) in [7, 11) is 4.36. The summed E-state index contributed by atoms with van der Waals surface area (Å²) in [5, 5.41) is 3.58. The molecule has 2 atom stereocenters. The third-order valence-corrected chi connectivity index (χ3v) is 3.66. The van der Waals surface area contributed by atoms with Gasteiger partial charge in [0.25, 0.3) is 0 Å². The number of hydrogen-bond donors (Lipinski definition) is 1. The van der Waals surface area contributed by atoms with Crippen molar-refractivity contribution < 1.29 is 0 Å². The molecule has 2 rings (SSSR count). The molecular weight excluding hydrogens is 196 g/mol. The van der Waals surface area contributed by atoms with Crippen LogP contribution < -0.4 is 5.32 Å². The Hall–Kier alpha value is -1.02. The zero-order valence-electron chi connectivity index (χ0n) is 11.0. The Morgan fingerprint density at radius 3 is 2.44 bits per heavy atom. The van der Waals surface area contributed by atoms with Crippen LogP contribution in [0.25, 0.3) is 0 Å². The van der Waals surface area contributed by atoms with Crippen LogP contribution in [0.2, 0.25) is 0 Å². The third-order valence-electron chi connectivity index (χ3n) is 3.66. The van der Waals surface area contributed by atoms with Gasteiger partial charge in [-0.2, -0.15) is 0 Å². The SMILES string of the molecule is Cc1ccc(C)c2c1NCC(C)C2N(C)C. The Morgan fingerprint density at radius 1 is 1.19 bits per heavy atom. The number of hydrogen-bond acceptors (Lipinski definition) is 2. The molecule has 1 aromatic rings. The van der Waals surface area contributed by atoms with E-state index in [9.17, 15) is 0 Å². The fourth-order valence-electron chi connectivity index (χ4n) is 2.87. The molecule has 1 N–H and O–H groups in total. The summed E-state index contributed by atoms with van der Waals surface area (Å²) in [5.74, 6) is 0.656. The molecule has 2 nitrogen and oxygen atoms in total. The Kier molecular flexibility index (Phi) is 2.94. The minimum absolute atomic E-state index is 0.538. The maximum Gasteiger partial charge on any atom is 0.0421 e. The van der Waals surface area contributed by atoms with Gasteiger partial charge < -0.3 is 10.2 Å². The van der Waals surface area contributed by atoms with Crippen LogP contribution in [0.3, 0.4) is 0 Å². The number of rotatable bonds is 1. The van der Waals surface area contributed by atoms with Gasteiger partial charge in [0.2, 0.25) is 0 Å². The lowest BCUT2D eigenvalue weighted by Gasteiger charge is -2.38. The molecular formula is C14H22N2. The lowest BCUT2D eigenvalue weighted by molar-refractivity contribution is 0.224. The van der Waals surface area contributed by atoms with Crippen LogP contribution in [-0.4, -0.2) is 25.5 Å². The lowest BCUT2D eigenvalue weighted by atomic mass is 9.84. The van der Waals surface area contributed by atoms with E-state index < -0.39 is 0 Å². The van der Waals surface area contributed by atoms with Gasteiger partial charge in [0.15, 0.2) is 0 Å². The van der Waals surface area contributed by atoms with Crippen molar-refractivity contribution in [3.8, 4) is 0 Å². The van der Waals surface area contributed by atoms with E-state index in [1.54, 1.807) is 0 Å². The normalized spacial score (nSPS) is 24.1. The van der Waals surface area contributed by atoms with E-state index in [2.05, 4.69) is 57.2 Å².